The summed E-state index contributed by atoms with van der Waals surface area (Å²) in [6, 6.07) is 18.8. The largest absolute Gasteiger partial charge is 0.487 e. The van der Waals surface area contributed by atoms with Gasteiger partial charge in [-0.3, -0.25) is 9.88 Å². The summed E-state index contributed by atoms with van der Waals surface area (Å²) in [4.78, 5) is 5.56. The van der Waals surface area contributed by atoms with E-state index in [2.05, 4.69) is 11.1 Å². The molecule has 1 aromatic heterocycles. The number of hydrogen-bond donors (Lipinski definition) is 0. The minimum atomic E-state index is -4.17. The average Bonchev–Trinajstić information content (AvgIpc) is 2.85. The Bertz CT molecular complexity index is 1340. The number of hydrogen-bond acceptors (Lipinski definition) is 5. The van der Waals surface area contributed by atoms with E-state index in [0.29, 0.717) is 31.6 Å². The first-order valence-corrected chi connectivity index (χ1v) is 14.2. The third kappa shape index (κ3) is 6.51. The molecule has 0 radical (unpaired) electrons. The third-order valence-corrected chi connectivity index (χ3v) is 8.68. The van der Waals surface area contributed by atoms with E-state index in [1.165, 1.54) is 4.90 Å². The van der Waals surface area contributed by atoms with Crippen molar-refractivity contribution in [2.24, 2.45) is 0 Å². The molecule has 1 spiro atoms. The molecule has 3 heterocycles. The van der Waals surface area contributed by atoms with Crippen LogP contribution in [0.25, 0.3) is 11.1 Å². The summed E-state index contributed by atoms with van der Waals surface area (Å²) in [5, 5.41) is 0. The van der Waals surface area contributed by atoms with Crippen LogP contribution in [0.2, 0.25) is 0 Å². The topological polar surface area (TPSA) is 59.5 Å². The van der Waals surface area contributed by atoms with Crippen LogP contribution in [-0.4, -0.2) is 49.7 Å². The number of benzene rings is 2. The zero-order chi connectivity index (χ0) is 26.1. The van der Waals surface area contributed by atoms with Crippen LogP contribution in [-0.2, 0) is 27.8 Å². The van der Waals surface area contributed by atoms with Crippen molar-refractivity contribution >= 4 is 9.84 Å². The molecule has 2 aromatic carbocycles. The third-order valence-electron chi connectivity index (χ3n) is 7.17. The quantitative estimate of drug-likeness (QED) is 0.416. The Balaban J connectivity index is 1.22. The van der Waals surface area contributed by atoms with E-state index in [9.17, 15) is 21.6 Å². The summed E-state index contributed by atoms with van der Waals surface area (Å²) in [6.45, 7) is -0.0916. The summed E-state index contributed by atoms with van der Waals surface area (Å²) < 4.78 is 69.7. The van der Waals surface area contributed by atoms with Crippen molar-refractivity contribution < 1.29 is 26.3 Å². The van der Waals surface area contributed by atoms with E-state index < -0.39 is 22.6 Å². The zero-order valence-electron chi connectivity index (χ0n) is 20.4. The molecule has 9 heteroatoms. The van der Waals surface area contributed by atoms with Crippen LogP contribution in [0.5, 0.6) is 5.75 Å². The molecule has 0 unspecified atom stereocenters. The number of alkyl halides is 3. The maximum Gasteiger partial charge on any atom is 0.401 e. The standard InChI is InChI=1S/C28H29F3N2O3S/c29-28(30,31)20-33-15-12-27(13-16-33)11-10-24-17-23(8-9-26(24)36-27)22-6-4-21(5-7-22)18-37(34,35)19-25-3-1-2-14-32-25/h1-9,14,17H,10-13,15-16,18-20H2. The number of sulfone groups is 1. The highest BCUT2D eigenvalue weighted by Gasteiger charge is 2.41. The molecular weight excluding hydrogens is 501 g/mol. The van der Waals surface area contributed by atoms with Gasteiger partial charge in [0.1, 0.15) is 11.4 Å². The molecule has 0 amide bonds. The molecule has 5 rings (SSSR count). The van der Waals surface area contributed by atoms with Gasteiger partial charge in [-0.2, -0.15) is 13.2 Å². The number of fused-ring (bicyclic) bond motifs is 1. The normalized spacial score (nSPS) is 17.8. The number of nitrogens with zero attached hydrogens (tertiary/aromatic N) is 2. The van der Waals surface area contributed by atoms with Gasteiger partial charge in [-0.25, -0.2) is 8.42 Å². The molecule has 37 heavy (non-hydrogen) atoms. The van der Waals surface area contributed by atoms with Crippen LogP contribution in [0, 0.1) is 0 Å². The highest BCUT2D eigenvalue weighted by molar-refractivity contribution is 7.89. The molecule has 1 saturated heterocycles. The van der Waals surface area contributed by atoms with Gasteiger partial charge >= 0.3 is 6.18 Å². The number of likely N-dealkylation sites (tertiary alicyclic amines) is 1. The lowest BCUT2D eigenvalue weighted by Gasteiger charge is -2.44. The molecule has 1 fully saturated rings. The number of aryl methyl sites for hydroxylation is 1. The number of rotatable bonds is 6. The Labute approximate surface area is 215 Å². The monoisotopic (exact) mass is 530 g/mol. The van der Waals surface area contributed by atoms with Crippen molar-refractivity contribution in [2.45, 2.75) is 49.0 Å². The minimum absolute atomic E-state index is 0.0512. The second-order valence-corrected chi connectivity index (χ2v) is 12.1. The van der Waals surface area contributed by atoms with E-state index in [1.807, 2.05) is 36.4 Å². The summed E-state index contributed by atoms with van der Waals surface area (Å²) in [6.07, 6.45) is 0.198. The molecule has 196 valence electrons. The van der Waals surface area contributed by atoms with Crippen molar-refractivity contribution in [1.82, 2.24) is 9.88 Å². The van der Waals surface area contributed by atoms with Crippen molar-refractivity contribution in [1.29, 1.82) is 0 Å². The summed E-state index contributed by atoms with van der Waals surface area (Å²) in [5.74, 6) is 0.656. The minimum Gasteiger partial charge on any atom is -0.487 e. The number of piperidine rings is 1. The molecule has 0 saturated carbocycles. The Morgan fingerprint density at radius 2 is 1.65 bits per heavy atom. The Morgan fingerprint density at radius 3 is 2.32 bits per heavy atom. The van der Waals surface area contributed by atoms with E-state index in [1.54, 1.807) is 24.4 Å². The molecule has 0 N–H and O–H groups in total. The van der Waals surface area contributed by atoms with Crippen molar-refractivity contribution in [2.75, 3.05) is 19.6 Å². The first-order valence-electron chi connectivity index (χ1n) is 12.4. The fraction of sp³-hybridized carbons (Fsp3) is 0.393. The summed E-state index contributed by atoms with van der Waals surface area (Å²) >= 11 is 0. The number of pyridine rings is 1. The lowest BCUT2D eigenvalue weighted by molar-refractivity contribution is -0.153. The van der Waals surface area contributed by atoms with Gasteiger partial charge in [-0.15, -0.1) is 0 Å². The lowest BCUT2D eigenvalue weighted by atomic mass is 9.82. The van der Waals surface area contributed by atoms with Crippen LogP contribution in [0.3, 0.4) is 0 Å². The highest BCUT2D eigenvalue weighted by atomic mass is 32.2. The Morgan fingerprint density at radius 1 is 0.919 bits per heavy atom. The van der Waals surface area contributed by atoms with Crippen molar-refractivity contribution in [3.05, 3.63) is 83.7 Å². The maximum atomic E-state index is 12.7. The Hall–Kier alpha value is -2.91. The van der Waals surface area contributed by atoms with Gasteiger partial charge in [0, 0.05) is 19.3 Å². The zero-order valence-corrected chi connectivity index (χ0v) is 21.2. The summed E-state index contributed by atoms with van der Waals surface area (Å²) in [5.41, 5.74) is 3.95. The fourth-order valence-corrected chi connectivity index (χ4v) is 6.66. The van der Waals surface area contributed by atoms with Crippen LogP contribution in [0.15, 0.2) is 66.9 Å². The van der Waals surface area contributed by atoms with Gasteiger partial charge in [-0.1, -0.05) is 36.4 Å². The van der Waals surface area contributed by atoms with Gasteiger partial charge < -0.3 is 4.74 Å². The molecule has 2 aliphatic heterocycles. The van der Waals surface area contributed by atoms with E-state index >= 15 is 0 Å². The van der Waals surface area contributed by atoms with Crippen LogP contribution < -0.4 is 4.74 Å². The molecular formula is C28H29F3N2O3S. The van der Waals surface area contributed by atoms with Gasteiger partial charge in [0.25, 0.3) is 0 Å². The van der Waals surface area contributed by atoms with Crippen LogP contribution >= 0.6 is 0 Å². The molecule has 0 bridgehead atoms. The molecule has 0 aliphatic carbocycles. The second-order valence-electron chi connectivity index (χ2n) is 10.0. The Kier molecular flexibility index (Phi) is 7.02. The van der Waals surface area contributed by atoms with E-state index in [4.69, 9.17) is 4.74 Å². The molecule has 2 aliphatic rings. The first-order chi connectivity index (χ1) is 17.6. The molecule has 5 nitrogen and oxygen atoms in total. The van der Waals surface area contributed by atoms with Crippen LogP contribution in [0.1, 0.15) is 36.1 Å². The second kappa shape index (κ2) is 10.1. The predicted octanol–water partition coefficient (Wildman–Crippen LogP) is 5.59. The van der Waals surface area contributed by atoms with Crippen LogP contribution in [0.4, 0.5) is 13.2 Å². The van der Waals surface area contributed by atoms with Gasteiger partial charge in [-0.05, 0) is 72.2 Å². The van der Waals surface area contributed by atoms with Crippen molar-refractivity contribution in [3.8, 4) is 16.9 Å². The lowest BCUT2D eigenvalue weighted by Crippen LogP contribution is -2.51. The fourth-order valence-electron chi connectivity index (χ4n) is 5.23. The average molecular weight is 531 g/mol. The molecule has 0 atom stereocenters. The number of ether oxygens (including phenoxy) is 1. The van der Waals surface area contributed by atoms with E-state index in [0.717, 1.165) is 40.8 Å². The maximum absolute atomic E-state index is 12.7. The van der Waals surface area contributed by atoms with E-state index in [-0.39, 0.29) is 17.1 Å². The number of aromatic nitrogens is 1. The summed E-state index contributed by atoms with van der Waals surface area (Å²) in [7, 11) is -3.34. The number of halogens is 3. The van der Waals surface area contributed by atoms with Gasteiger partial charge in [0.05, 0.1) is 23.7 Å². The smallest absolute Gasteiger partial charge is 0.401 e. The highest BCUT2D eigenvalue weighted by Crippen LogP contribution is 2.41. The first kappa shape index (κ1) is 25.7. The van der Waals surface area contributed by atoms with Gasteiger partial charge in [0.15, 0.2) is 9.84 Å². The van der Waals surface area contributed by atoms with Gasteiger partial charge in [0.2, 0.25) is 0 Å². The van der Waals surface area contributed by atoms with Crippen molar-refractivity contribution in [3.63, 3.8) is 0 Å². The predicted molar refractivity (Wildman–Crippen MR) is 136 cm³/mol. The molecule has 3 aromatic rings. The SMILES string of the molecule is O=S(=O)(Cc1ccc(-c2ccc3c(c2)CCC2(CCN(CC(F)(F)F)CC2)O3)cc1)Cc1ccccn1.